The van der Waals surface area contributed by atoms with Crippen molar-refractivity contribution in [1.82, 2.24) is 30.2 Å². The summed E-state index contributed by atoms with van der Waals surface area (Å²) >= 11 is 0. The van der Waals surface area contributed by atoms with E-state index >= 15 is 0 Å². The van der Waals surface area contributed by atoms with Gasteiger partial charge in [-0.15, -0.1) is 24.0 Å². The third kappa shape index (κ3) is 5.62. The summed E-state index contributed by atoms with van der Waals surface area (Å²) in [6.07, 6.45) is 2.89. The van der Waals surface area contributed by atoms with Crippen molar-refractivity contribution in [3.63, 3.8) is 0 Å². The number of benzene rings is 1. The first-order valence-electron chi connectivity index (χ1n) is 9.95. The molecule has 2 heterocycles. The fourth-order valence-electron chi connectivity index (χ4n) is 3.51. The van der Waals surface area contributed by atoms with Gasteiger partial charge >= 0.3 is 0 Å². The van der Waals surface area contributed by atoms with Crippen LogP contribution in [0.4, 0.5) is 0 Å². The molecule has 0 radical (unpaired) electrons. The first kappa shape index (κ1) is 23.9. The fraction of sp³-hybridized carbons (Fsp3) is 0.409. The lowest BCUT2D eigenvalue weighted by Crippen LogP contribution is -2.42. The lowest BCUT2D eigenvalue weighted by Gasteiger charge is -2.19. The maximum atomic E-state index is 4.54. The molecule has 8 heteroatoms. The highest BCUT2D eigenvalue weighted by Gasteiger charge is 2.14. The van der Waals surface area contributed by atoms with Gasteiger partial charge in [0, 0.05) is 38.6 Å². The third-order valence-corrected chi connectivity index (χ3v) is 5.18. The predicted octanol–water partition coefficient (Wildman–Crippen LogP) is 3.45. The van der Waals surface area contributed by atoms with Gasteiger partial charge in [-0.1, -0.05) is 18.2 Å². The van der Waals surface area contributed by atoms with Gasteiger partial charge in [0.1, 0.15) is 0 Å². The van der Waals surface area contributed by atoms with Crippen LogP contribution in [-0.4, -0.2) is 38.6 Å². The molecule has 1 aromatic carbocycles. The molecule has 30 heavy (non-hydrogen) atoms. The third-order valence-electron chi connectivity index (χ3n) is 5.18. The fourth-order valence-corrected chi connectivity index (χ4v) is 3.51. The molecular weight excluding hydrogens is 489 g/mol. The monoisotopic (exact) mass is 521 g/mol. The zero-order valence-corrected chi connectivity index (χ0v) is 20.9. The number of rotatable bonds is 6. The molecule has 3 aromatic rings. The number of halogens is 1. The molecule has 0 aliphatic rings. The minimum Gasteiger partial charge on any atom is -0.354 e. The summed E-state index contributed by atoms with van der Waals surface area (Å²) in [5, 5.41) is 16.0. The van der Waals surface area contributed by atoms with Crippen molar-refractivity contribution in [2.24, 2.45) is 12.0 Å². The van der Waals surface area contributed by atoms with Crippen LogP contribution in [0.1, 0.15) is 35.1 Å². The number of nitrogens with one attached hydrogen (secondary N) is 2. The molecule has 162 valence electrons. The molecule has 7 nitrogen and oxygen atoms in total. The summed E-state index contributed by atoms with van der Waals surface area (Å²) in [4.78, 5) is 4.39. The molecule has 0 spiro atoms. The highest BCUT2D eigenvalue weighted by molar-refractivity contribution is 14.0. The van der Waals surface area contributed by atoms with E-state index in [9.17, 15) is 0 Å². The first-order chi connectivity index (χ1) is 13.9. The standard InChI is InChI=1S/C22H31N7.HI/c1-15-11-12-29(26-15)21-10-8-7-9-19(21)14-24-22(23-5)25-16(2)13-20-17(3)27-28(6)18(20)4;/h7-12,16H,13-14H2,1-6H3,(H2,23,24,25);1H. The number of aryl methyl sites for hydroxylation is 3. The van der Waals surface area contributed by atoms with Crippen LogP contribution in [0.2, 0.25) is 0 Å². The highest BCUT2D eigenvalue weighted by atomic mass is 127. The Balaban J connectivity index is 0.00000320. The van der Waals surface area contributed by atoms with E-state index in [0.717, 1.165) is 35.0 Å². The average molecular weight is 521 g/mol. The minimum atomic E-state index is 0. The molecule has 0 bridgehead atoms. The molecule has 1 unspecified atom stereocenters. The Kier molecular flexibility index (Phi) is 8.45. The van der Waals surface area contributed by atoms with E-state index in [1.54, 1.807) is 7.05 Å². The van der Waals surface area contributed by atoms with Gasteiger partial charge in [-0.2, -0.15) is 10.2 Å². The van der Waals surface area contributed by atoms with E-state index in [1.165, 1.54) is 11.3 Å². The molecular formula is C22H32IN7. The zero-order chi connectivity index (χ0) is 21.0. The van der Waals surface area contributed by atoms with Crippen molar-refractivity contribution in [2.45, 2.75) is 46.7 Å². The molecule has 2 N–H and O–H groups in total. The molecule has 3 rings (SSSR count). The SMILES string of the molecule is CN=C(NCc1ccccc1-n1ccc(C)n1)NC(C)Cc1c(C)nn(C)c1C.I. The van der Waals surface area contributed by atoms with Crippen molar-refractivity contribution in [3.8, 4) is 5.69 Å². The van der Waals surface area contributed by atoms with E-state index in [0.29, 0.717) is 6.54 Å². The Hall–Kier alpha value is -2.36. The second-order valence-corrected chi connectivity index (χ2v) is 7.48. The molecule has 0 saturated heterocycles. The summed E-state index contributed by atoms with van der Waals surface area (Å²) in [5.74, 6) is 0.781. The number of para-hydroxylation sites is 1. The molecule has 0 aliphatic heterocycles. The first-order valence-corrected chi connectivity index (χ1v) is 9.95. The van der Waals surface area contributed by atoms with Crippen molar-refractivity contribution >= 4 is 29.9 Å². The quantitative estimate of drug-likeness (QED) is 0.296. The van der Waals surface area contributed by atoms with Crippen LogP contribution in [0.3, 0.4) is 0 Å². The lowest BCUT2D eigenvalue weighted by molar-refractivity contribution is 0.635. The molecule has 0 fully saturated rings. The van der Waals surface area contributed by atoms with Crippen LogP contribution in [0.15, 0.2) is 41.5 Å². The van der Waals surface area contributed by atoms with Crippen molar-refractivity contribution in [2.75, 3.05) is 7.05 Å². The van der Waals surface area contributed by atoms with E-state index in [1.807, 2.05) is 47.7 Å². The van der Waals surface area contributed by atoms with Gasteiger partial charge in [0.15, 0.2) is 5.96 Å². The van der Waals surface area contributed by atoms with Crippen molar-refractivity contribution < 1.29 is 0 Å². The van der Waals surface area contributed by atoms with E-state index in [4.69, 9.17) is 0 Å². The largest absolute Gasteiger partial charge is 0.354 e. The number of hydrogen-bond donors (Lipinski definition) is 2. The predicted molar refractivity (Wildman–Crippen MR) is 133 cm³/mol. The molecule has 0 amide bonds. The van der Waals surface area contributed by atoms with Crippen LogP contribution in [0.5, 0.6) is 0 Å². The van der Waals surface area contributed by atoms with Crippen LogP contribution in [0.25, 0.3) is 5.69 Å². The molecule has 0 saturated carbocycles. The molecule has 2 aromatic heterocycles. The lowest BCUT2D eigenvalue weighted by atomic mass is 10.1. The van der Waals surface area contributed by atoms with E-state index in [2.05, 4.69) is 58.7 Å². The summed E-state index contributed by atoms with van der Waals surface area (Å²) in [6, 6.07) is 10.5. The van der Waals surface area contributed by atoms with Crippen molar-refractivity contribution in [3.05, 3.63) is 64.7 Å². The van der Waals surface area contributed by atoms with Gasteiger partial charge in [0.2, 0.25) is 0 Å². The van der Waals surface area contributed by atoms with Crippen LogP contribution < -0.4 is 10.6 Å². The van der Waals surface area contributed by atoms with Gasteiger partial charge in [0.05, 0.1) is 17.1 Å². The van der Waals surface area contributed by atoms with Gasteiger partial charge < -0.3 is 10.6 Å². The summed E-state index contributed by atoms with van der Waals surface area (Å²) in [7, 11) is 3.79. The van der Waals surface area contributed by atoms with E-state index < -0.39 is 0 Å². The van der Waals surface area contributed by atoms with Gasteiger partial charge in [-0.25, -0.2) is 4.68 Å². The smallest absolute Gasteiger partial charge is 0.191 e. The average Bonchev–Trinajstić information content (AvgIpc) is 3.23. The van der Waals surface area contributed by atoms with Gasteiger partial charge in [-0.3, -0.25) is 9.67 Å². The highest BCUT2D eigenvalue weighted by Crippen LogP contribution is 2.15. The number of aliphatic imine (C=N–C) groups is 1. The number of hydrogen-bond acceptors (Lipinski definition) is 3. The second kappa shape index (κ2) is 10.6. The number of guanidine groups is 1. The maximum absolute atomic E-state index is 4.54. The summed E-state index contributed by atoms with van der Waals surface area (Å²) in [5.41, 5.74) is 6.82. The van der Waals surface area contributed by atoms with Gasteiger partial charge in [0.25, 0.3) is 0 Å². The second-order valence-electron chi connectivity index (χ2n) is 7.48. The maximum Gasteiger partial charge on any atom is 0.191 e. The Morgan fingerprint density at radius 2 is 1.87 bits per heavy atom. The summed E-state index contributed by atoms with van der Waals surface area (Å²) < 4.78 is 3.86. The van der Waals surface area contributed by atoms with Crippen molar-refractivity contribution in [1.29, 1.82) is 0 Å². The topological polar surface area (TPSA) is 72.1 Å². The Bertz CT molecular complexity index is 1000. The normalized spacial score (nSPS) is 12.4. The summed E-state index contributed by atoms with van der Waals surface area (Å²) in [6.45, 7) is 9.00. The Morgan fingerprint density at radius 1 is 1.13 bits per heavy atom. The minimum absolute atomic E-state index is 0. The number of nitrogens with zero attached hydrogens (tertiary/aromatic N) is 5. The zero-order valence-electron chi connectivity index (χ0n) is 18.6. The Morgan fingerprint density at radius 3 is 2.47 bits per heavy atom. The molecule has 1 atom stereocenters. The van der Waals surface area contributed by atoms with Crippen LogP contribution >= 0.6 is 24.0 Å². The van der Waals surface area contributed by atoms with E-state index in [-0.39, 0.29) is 30.0 Å². The van der Waals surface area contributed by atoms with Gasteiger partial charge in [-0.05, 0) is 57.4 Å². The molecule has 0 aliphatic carbocycles. The Labute approximate surface area is 196 Å². The van der Waals surface area contributed by atoms with Crippen LogP contribution in [0, 0.1) is 20.8 Å². The number of aromatic nitrogens is 4. The van der Waals surface area contributed by atoms with Crippen LogP contribution in [-0.2, 0) is 20.0 Å².